The minimum absolute atomic E-state index is 0.0927. The van der Waals surface area contributed by atoms with Gasteiger partial charge in [-0.1, -0.05) is 6.07 Å². The van der Waals surface area contributed by atoms with E-state index >= 15 is 0 Å². The zero-order valence-corrected chi connectivity index (χ0v) is 15.2. The highest BCUT2D eigenvalue weighted by atomic mass is 16.5. The number of aromatic nitrogens is 3. The molecule has 1 aliphatic heterocycles. The Kier molecular flexibility index (Phi) is 5.03. The number of rotatable bonds is 5. The first-order valence-corrected chi connectivity index (χ1v) is 8.59. The van der Waals surface area contributed by atoms with E-state index in [0.29, 0.717) is 19.1 Å². The molecule has 1 fully saturated rings. The van der Waals surface area contributed by atoms with Crippen molar-refractivity contribution in [1.29, 1.82) is 0 Å². The van der Waals surface area contributed by atoms with Crippen molar-refractivity contribution in [2.45, 2.75) is 39.4 Å². The van der Waals surface area contributed by atoms with Gasteiger partial charge in [0.15, 0.2) is 0 Å². The lowest BCUT2D eigenvalue weighted by molar-refractivity contribution is -0.125. The van der Waals surface area contributed by atoms with Gasteiger partial charge < -0.3 is 14.2 Å². The highest BCUT2D eigenvalue weighted by Gasteiger charge is 2.33. The number of carbonyl (C=O) groups excluding carboxylic acids is 1. The highest BCUT2D eigenvalue weighted by molar-refractivity contribution is 5.97. The van der Waals surface area contributed by atoms with Crippen molar-refractivity contribution in [2.75, 3.05) is 25.1 Å². The number of piperazine rings is 1. The van der Waals surface area contributed by atoms with E-state index in [2.05, 4.69) is 28.9 Å². The Morgan fingerprint density at radius 2 is 2.12 bits per heavy atom. The van der Waals surface area contributed by atoms with E-state index < -0.39 is 0 Å². The molecule has 134 valence electrons. The molecule has 1 aromatic carbocycles. The third-order valence-corrected chi connectivity index (χ3v) is 4.70. The lowest BCUT2D eigenvalue weighted by Crippen LogP contribution is -2.55. The first-order chi connectivity index (χ1) is 12.0. The van der Waals surface area contributed by atoms with E-state index in [0.717, 1.165) is 23.8 Å². The Hall–Kier alpha value is -2.41. The molecule has 1 aliphatic rings. The van der Waals surface area contributed by atoms with Gasteiger partial charge in [0.05, 0.1) is 19.7 Å². The fraction of sp³-hybridized carbons (Fsp3) is 0.500. The predicted octanol–water partition coefficient (Wildman–Crippen LogP) is 2.10. The van der Waals surface area contributed by atoms with Crippen LogP contribution in [0.3, 0.4) is 0 Å². The number of hydrogen-bond donors (Lipinski definition) is 0. The summed E-state index contributed by atoms with van der Waals surface area (Å²) < 4.78 is 7.32. The van der Waals surface area contributed by atoms with Crippen LogP contribution in [0.4, 0.5) is 5.69 Å². The average Bonchev–Trinajstić information content (AvgIpc) is 3.07. The van der Waals surface area contributed by atoms with Crippen molar-refractivity contribution in [2.24, 2.45) is 0 Å². The van der Waals surface area contributed by atoms with Gasteiger partial charge in [0, 0.05) is 30.9 Å². The molecule has 7 nitrogen and oxygen atoms in total. The van der Waals surface area contributed by atoms with E-state index in [1.807, 2.05) is 40.7 Å². The second kappa shape index (κ2) is 7.23. The first-order valence-electron chi connectivity index (χ1n) is 8.59. The number of methoxy groups -OCH3 is 1. The summed E-state index contributed by atoms with van der Waals surface area (Å²) in [5.74, 6) is 1.74. The van der Waals surface area contributed by atoms with E-state index in [1.54, 1.807) is 13.4 Å². The van der Waals surface area contributed by atoms with Crippen LogP contribution in [0.2, 0.25) is 0 Å². The molecule has 2 heterocycles. The van der Waals surface area contributed by atoms with Crippen LogP contribution in [0, 0.1) is 0 Å². The SMILES string of the molecule is COc1cccc(N2CCN(Cc3nncn3C(C)C)[C@H](C)C2=O)c1. The van der Waals surface area contributed by atoms with Crippen LogP contribution in [0.15, 0.2) is 30.6 Å². The number of benzene rings is 1. The maximum atomic E-state index is 12.9. The fourth-order valence-electron chi connectivity index (χ4n) is 3.16. The van der Waals surface area contributed by atoms with Crippen molar-refractivity contribution in [3.63, 3.8) is 0 Å². The largest absolute Gasteiger partial charge is 0.497 e. The fourth-order valence-corrected chi connectivity index (χ4v) is 3.16. The zero-order valence-electron chi connectivity index (χ0n) is 15.2. The molecule has 7 heteroatoms. The lowest BCUT2D eigenvalue weighted by atomic mass is 10.1. The Bertz CT molecular complexity index is 743. The number of amides is 1. The molecule has 0 bridgehead atoms. The van der Waals surface area contributed by atoms with E-state index in [1.165, 1.54) is 0 Å². The standard InChI is InChI=1S/C18H25N5O2/c1-13(2)23-12-19-20-17(23)11-21-8-9-22(18(24)14(21)3)15-6-5-7-16(10-15)25-4/h5-7,10,12-14H,8-9,11H2,1-4H3/t14-/m1/s1. The molecule has 3 rings (SSSR count). The molecule has 2 aromatic rings. The molecular formula is C18H25N5O2. The predicted molar refractivity (Wildman–Crippen MR) is 95.6 cm³/mol. The summed E-state index contributed by atoms with van der Waals surface area (Å²) in [6.07, 6.45) is 1.75. The molecule has 0 unspecified atom stereocenters. The number of hydrogen-bond acceptors (Lipinski definition) is 5. The maximum Gasteiger partial charge on any atom is 0.244 e. The maximum absolute atomic E-state index is 12.9. The average molecular weight is 343 g/mol. The Labute approximate surface area is 148 Å². The van der Waals surface area contributed by atoms with E-state index in [-0.39, 0.29) is 11.9 Å². The van der Waals surface area contributed by atoms with Crippen molar-refractivity contribution in [3.05, 3.63) is 36.4 Å². The molecule has 0 radical (unpaired) electrons. The van der Waals surface area contributed by atoms with Crippen molar-refractivity contribution in [1.82, 2.24) is 19.7 Å². The van der Waals surface area contributed by atoms with Crippen LogP contribution >= 0.6 is 0 Å². The molecular weight excluding hydrogens is 318 g/mol. The summed E-state index contributed by atoms with van der Waals surface area (Å²) in [6.45, 7) is 8.20. The number of nitrogens with zero attached hydrogens (tertiary/aromatic N) is 5. The van der Waals surface area contributed by atoms with Crippen LogP contribution in [-0.2, 0) is 11.3 Å². The summed E-state index contributed by atoms with van der Waals surface area (Å²) in [5.41, 5.74) is 0.876. The minimum Gasteiger partial charge on any atom is -0.497 e. The number of carbonyl (C=O) groups is 1. The molecule has 1 amide bonds. The van der Waals surface area contributed by atoms with Gasteiger partial charge >= 0.3 is 0 Å². The molecule has 1 atom stereocenters. The van der Waals surface area contributed by atoms with Gasteiger partial charge in [0.25, 0.3) is 0 Å². The van der Waals surface area contributed by atoms with E-state index in [9.17, 15) is 4.79 Å². The first kappa shape index (κ1) is 17.4. The number of anilines is 1. The summed E-state index contributed by atoms with van der Waals surface area (Å²) >= 11 is 0. The summed E-state index contributed by atoms with van der Waals surface area (Å²) in [5, 5.41) is 8.23. The van der Waals surface area contributed by atoms with Crippen molar-refractivity contribution in [3.8, 4) is 5.75 Å². The quantitative estimate of drug-likeness (QED) is 0.832. The van der Waals surface area contributed by atoms with Gasteiger partial charge in [-0.3, -0.25) is 9.69 Å². The molecule has 0 aliphatic carbocycles. The van der Waals surface area contributed by atoms with Crippen LogP contribution < -0.4 is 9.64 Å². The summed E-state index contributed by atoms with van der Waals surface area (Å²) in [4.78, 5) is 16.9. The van der Waals surface area contributed by atoms with Gasteiger partial charge in [-0.05, 0) is 32.9 Å². The van der Waals surface area contributed by atoms with Crippen LogP contribution in [0.1, 0.15) is 32.6 Å². The van der Waals surface area contributed by atoms with Gasteiger partial charge in [-0.15, -0.1) is 10.2 Å². The summed E-state index contributed by atoms with van der Waals surface area (Å²) in [6, 6.07) is 7.72. The molecule has 1 aromatic heterocycles. The van der Waals surface area contributed by atoms with E-state index in [4.69, 9.17) is 4.74 Å². The highest BCUT2D eigenvalue weighted by Crippen LogP contribution is 2.25. The van der Waals surface area contributed by atoms with Crippen LogP contribution in [0.25, 0.3) is 0 Å². The molecule has 0 saturated carbocycles. The van der Waals surface area contributed by atoms with Gasteiger partial charge in [-0.25, -0.2) is 0 Å². The lowest BCUT2D eigenvalue weighted by Gasteiger charge is -2.39. The van der Waals surface area contributed by atoms with Crippen molar-refractivity contribution < 1.29 is 9.53 Å². The Balaban J connectivity index is 1.74. The zero-order chi connectivity index (χ0) is 18.0. The van der Waals surface area contributed by atoms with Crippen LogP contribution in [0.5, 0.6) is 5.75 Å². The van der Waals surface area contributed by atoms with Crippen molar-refractivity contribution >= 4 is 11.6 Å². The number of ether oxygens (including phenoxy) is 1. The Morgan fingerprint density at radius 1 is 1.32 bits per heavy atom. The summed E-state index contributed by atoms with van der Waals surface area (Å²) in [7, 11) is 1.63. The molecule has 25 heavy (non-hydrogen) atoms. The Morgan fingerprint density at radius 3 is 2.84 bits per heavy atom. The molecule has 0 N–H and O–H groups in total. The minimum atomic E-state index is -0.211. The third kappa shape index (κ3) is 3.51. The van der Waals surface area contributed by atoms with Crippen LogP contribution in [-0.4, -0.2) is 51.8 Å². The third-order valence-electron chi connectivity index (χ3n) is 4.70. The normalized spacial score (nSPS) is 18.8. The second-order valence-electron chi connectivity index (χ2n) is 6.59. The molecule has 0 spiro atoms. The monoisotopic (exact) mass is 343 g/mol. The topological polar surface area (TPSA) is 63.5 Å². The molecule has 1 saturated heterocycles. The van der Waals surface area contributed by atoms with Gasteiger partial charge in [-0.2, -0.15) is 0 Å². The smallest absolute Gasteiger partial charge is 0.244 e. The van der Waals surface area contributed by atoms with Gasteiger partial charge in [0.1, 0.15) is 17.9 Å². The van der Waals surface area contributed by atoms with Gasteiger partial charge in [0.2, 0.25) is 5.91 Å². The second-order valence-corrected chi connectivity index (χ2v) is 6.59.